The maximum absolute atomic E-state index is 10.4. The Kier molecular flexibility index (Phi) is 5.58. The number of hydrogen-bond donors (Lipinski definition) is 2. The standard InChI is InChI=1S/C21H25N5O/c27-21(16-25-11-10-17-6-4-5-7-18(17)15-25)14-22-12-19-13-23-26(24-19)20-8-2-1-3-9-20/h1-9,13,21-22,27H,10-12,14-16H2. The summed E-state index contributed by atoms with van der Waals surface area (Å²) in [5.41, 5.74) is 4.61. The first-order chi connectivity index (χ1) is 13.3. The van der Waals surface area contributed by atoms with Crippen molar-refractivity contribution >= 4 is 0 Å². The van der Waals surface area contributed by atoms with Crippen LogP contribution < -0.4 is 5.32 Å². The van der Waals surface area contributed by atoms with Crippen molar-refractivity contribution in [2.45, 2.75) is 25.6 Å². The lowest BCUT2D eigenvalue weighted by Crippen LogP contribution is -2.40. The molecule has 3 aromatic rings. The van der Waals surface area contributed by atoms with E-state index >= 15 is 0 Å². The van der Waals surface area contributed by atoms with Gasteiger partial charge >= 0.3 is 0 Å². The first kappa shape index (κ1) is 17.9. The third kappa shape index (κ3) is 4.60. The molecule has 1 aliphatic heterocycles. The summed E-state index contributed by atoms with van der Waals surface area (Å²) in [5, 5.41) is 22.4. The monoisotopic (exact) mass is 363 g/mol. The molecule has 1 unspecified atom stereocenters. The second-order valence-corrected chi connectivity index (χ2v) is 7.00. The highest BCUT2D eigenvalue weighted by atomic mass is 16.3. The Bertz CT molecular complexity index is 864. The van der Waals surface area contributed by atoms with Crippen LogP contribution in [0.25, 0.3) is 5.69 Å². The van der Waals surface area contributed by atoms with E-state index in [1.54, 1.807) is 11.0 Å². The predicted molar refractivity (Wildman–Crippen MR) is 104 cm³/mol. The van der Waals surface area contributed by atoms with E-state index < -0.39 is 6.10 Å². The summed E-state index contributed by atoms with van der Waals surface area (Å²) in [6, 6.07) is 18.4. The minimum Gasteiger partial charge on any atom is -0.390 e. The lowest BCUT2D eigenvalue weighted by Gasteiger charge is -2.30. The molecule has 1 aliphatic rings. The molecule has 140 valence electrons. The fraction of sp³-hybridized carbons (Fsp3) is 0.333. The molecule has 0 aliphatic carbocycles. The van der Waals surface area contributed by atoms with Gasteiger partial charge < -0.3 is 10.4 Å². The van der Waals surface area contributed by atoms with Crippen molar-refractivity contribution in [2.75, 3.05) is 19.6 Å². The summed E-state index contributed by atoms with van der Waals surface area (Å²) in [4.78, 5) is 3.94. The molecule has 0 saturated carbocycles. The molecule has 6 heteroatoms. The van der Waals surface area contributed by atoms with Crippen LogP contribution in [0, 0.1) is 0 Å². The van der Waals surface area contributed by atoms with Gasteiger partial charge in [-0.3, -0.25) is 4.90 Å². The summed E-state index contributed by atoms with van der Waals surface area (Å²) in [6.07, 6.45) is 2.41. The second-order valence-electron chi connectivity index (χ2n) is 7.00. The molecule has 0 spiro atoms. The Morgan fingerprint density at radius 2 is 1.81 bits per heavy atom. The first-order valence-electron chi connectivity index (χ1n) is 9.42. The van der Waals surface area contributed by atoms with Crippen molar-refractivity contribution < 1.29 is 5.11 Å². The summed E-state index contributed by atoms with van der Waals surface area (Å²) in [7, 11) is 0. The van der Waals surface area contributed by atoms with Crippen LogP contribution in [0.5, 0.6) is 0 Å². The third-order valence-corrected chi connectivity index (χ3v) is 4.89. The number of hydrogen-bond acceptors (Lipinski definition) is 5. The summed E-state index contributed by atoms with van der Waals surface area (Å²) < 4.78 is 0. The minimum atomic E-state index is -0.403. The van der Waals surface area contributed by atoms with Crippen molar-refractivity contribution in [1.29, 1.82) is 0 Å². The molecule has 0 fully saturated rings. The average molecular weight is 363 g/mol. The number of β-amino-alcohol motifs (C(OH)–C–C–N with tert-alkyl or cyclic N) is 1. The number of nitrogens with zero attached hydrogens (tertiary/aromatic N) is 4. The number of aliphatic hydroxyl groups excluding tert-OH is 1. The van der Waals surface area contributed by atoms with Gasteiger partial charge in [0, 0.05) is 32.7 Å². The van der Waals surface area contributed by atoms with E-state index in [4.69, 9.17) is 0 Å². The van der Waals surface area contributed by atoms with E-state index in [9.17, 15) is 5.11 Å². The highest BCUT2D eigenvalue weighted by Crippen LogP contribution is 2.18. The normalized spacial score (nSPS) is 15.4. The Labute approximate surface area is 159 Å². The van der Waals surface area contributed by atoms with Gasteiger partial charge in [0.1, 0.15) is 0 Å². The van der Waals surface area contributed by atoms with E-state index in [-0.39, 0.29) is 0 Å². The van der Waals surface area contributed by atoms with Gasteiger partial charge in [-0.2, -0.15) is 15.0 Å². The lowest BCUT2D eigenvalue weighted by atomic mass is 10.00. The number of benzene rings is 2. The van der Waals surface area contributed by atoms with Gasteiger partial charge in [-0.25, -0.2) is 0 Å². The van der Waals surface area contributed by atoms with Crippen LogP contribution in [-0.2, 0) is 19.5 Å². The zero-order valence-electron chi connectivity index (χ0n) is 15.3. The average Bonchev–Trinajstić information content (AvgIpc) is 3.17. The third-order valence-electron chi connectivity index (χ3n) is 4.89. The lowest BCUT2D eigenvalue weighted by molar-refractivity contribution is 0.104. The molecule has 6 nitrogen and oxygen atoms in total. The molecule has 27 heavy (non-hydrogen) atoms. The number of para-hydroxylation sites is 1. The number of rotatable bonds is 7. The number of nitrogens with one attached hydrogen (secondary N) is 1. The van der Waals surface area contributed by atoms with Crippen LogP contribution in [0.4, 0.5) is 0 Å². The van der Waals surface area contributed by atoms with Gasteiger partial charge in [0.05, 0.1) is 23.7 Å². The van der Waals surface area contributed by atoms with Crippen molar-refractivity contribution in [3.05, 3.63) is 77.6 Å². The molecule has 0 radical (unpaired) electrons. The molecule has 1 aromatic heterocycles. The second kappa shape index (κ2) is 8.43. The summed E-state index contributed by atoms with van der Waals surface area (Å²) >= 11 is 0. The SMILES string of the molecule is OC(CNCc1cnn(-c2ccccc2)n1)CN1CCc2ccccc2C1. The molecule has 4 rings (SSSR count). The van der Waals surface area contributed by atoms with Gasteiger partial charge in [-0.1, -0.05) is 42.5 Å². The molecule has 2 aromatic carbocycles. The van der Waals surface area contributed by atoms with Crippen LogP contribution in [0.2, 0.25) is 0 Å². The Morgan fingerprint density at radius 3 is 2.67 bits per heavy atom. The quantitative estimate of drug-likeness (QED) is 0.670. The first-order valence-corrected chi connectivity index (χ1v) is 9.42. The van der Waals surface area contributed by atoms with Crippen LogP contribution in [0.15, 0.2) is 60.8 Å². The molecule has 0 bridgehead atoms. The topological polar surface area (TPSA) is 66.2 Å². The Balaban J connectivity index is 1.22. The van der Waals surface area contributed by atoms with Crippen LogP contribution in [-0.4, -0.2) is 50.7 Å². The van der Waals surface area contributed by atoms with Gasteiger partial charge in [-0.05, 0) is 29.7 Å². The number of aliphatic hydroxyl groups is 1. The smallest absolute Gasteiger partial charge is 0.0969 e. The zero-order valence-corrected chi connectivity index (χ0v) is 15.3. The number of fused-ring (bicyclic) bond motifs is 1. The van der Waals surface area contributed by atoms with Crippen molar-refractivity contribution in [3.63, 3.8) is 0 Å². The van der Waals surface area contributed by atoms with Gasteiger partial charge in [0.15, 0.2) is 0 Å². The zero-order chi connectivity index (χ0) is 18.5. The minimum absolute atomic E-state index is 0.403. The fourth-order valence-electron chi connectivity index (χ4n) is 3.50. The Morgan fingerprint density at radius 1 is 1.04 bits per heavy atom. The van der Waals surface area contributed by atoms with E-state index in [1.165, 1.54) is 11.1 Å². The largest absolute Gasteiger partial charge is 0.390 e. The van der Waals surface area contributed by atoms with Crippen molar-refractivity contribution in [2.24, 2.45) is 0 Å². The van der Waals surface area contributed by atoms with Crippen LogP contribution >= 0.6 is 0 Å². The van der Waals surface area contributed by atoms with Crippen LogP contribution in [0.1, 0.15) is 16.8 Å². The molecule has 2 heterocycles. The van der Waals surface area contributed by atoms with Crippen molar-refractivity contribution in [3.8, 4) is 5.69 Å². The maximum Gasteiger partial charge on any atom is 0.0969 e. The summed E-state index contributed by atoms with van der Waals surface area (Å²) in [6.45, 7) is 3.72. The molecular weight excluding hydrogens is 338 g/mol. The van der Waals surface area contributed by atoms with Gasteiger partial charge in [0.25, 0.3) is 0 Å². The molecular formula is C21H25N5O. The van der Waals surface area contributed by atoms with Crippen LogP contribution in [0.3, 0.4) is 0 Å². The summed E-state index contributed by atoms with van der Waals surface area (Å²) in [5.74, 6) is 0. The highest BCUT2D eigenvalue weighted by molar-refractivity contribution is 5.29. The molecule has 0 saturated heterocycles. The van der Waals surface area contributed by atoms with Gasteiger partial charge in [-0.15, -0.1) is 0 Å². The van der Waals surface area contributed by atoms with E-state index in [2.05, 4.69) is 44.7 Å². The Hall–Kier alpha value is -2.54. The molecule has 0 amide bonds. The molecule has 1 atom stereocenters. The predicted octanol–water partition coefficient (Wildman–Crippen LogP) is 1.78. The maximum atomic E-state index is 10.4. The van der Waals surface area contributed by atoms with Crippen molar-refractivity contribution in [1.82, 2.24) is 25.2 Å². The van der Waals surface area contributed by atoms with E-state index in [0.29, 0.717) is 19.6 Å². The number of aromatic nitrogens is 3. The molecule has 2 N–H and O–H groups in total. The highest BCUT2D eigenvalue weighted by Gasteiger charge is 2.18. The van der Waals surface area contributed by atoms with Gasteiger partial charge in [0.2, 0.25) is 0 Å². The fourth-order valence-corrected chi connectivity index (χ4v) is 3.50. The van der Waals surface area contributed by atoms with E-state index in [0.717, 1.165) is 30.9 Å². The van der Waals surface area contributed by atoms with E-state index in [1.807, 2.05) is 30.3 Å².